The van der Waals surface area contributed by atoms with Crippen molar-refractivity contribution in [2.75, 3.05) is 36.4 Å². The first kappa shape index (κ1) is 36.2. The van der Waals surface area contributed by atoms with Crippen LogP contribution in [0.25, 0.3) is 0 Å². The van der Waals surface area contributed by atoms with E-state index in [0.29, 0.717) is 56.5 Å². The third-order valence-electron chi connectivity index (χ3n) is 9.09. The Morgan fingerprint density at radius 1 is 0.939 bits per heavy atom. The molecule has 3 heterocycles. The van der Waals surface area contributed by atoms with Gasteiger partial charge >= 0.3 is 24.5 Å². The molecule has 0 spiro atoms. The lowest BCUT2D eigenvalue weighted by atomic mass is 9.79. The molecule has 18 heteroatoms. The van der Waals surface area contributed by atoms with Crippen molar-refractivity contribution < 1.29 is 49.4 Å². The summed E-state index contributed by atoms with van der Waals surface area (Å²) < 4.78 is 125. The second-order valence-electron chi connectivity index (χ2n) is 12.6. The summed E-state index contributed by atoms with van der Waals surface area (Å²) in [5, 5.41) is 24.4. The number of nitrogens with zero attached hydrogens (tertiary/aromatic N) is 6. The molecule has 1 saturated heterocycles. The maximum Gasteiger partial charge on any atom is 0.416 e. The number of hydrogen-bond donors (Lipinski definition) is 2. The summed E-state index contributed by atoms with van der Waals surface area (Å²) in [5.74, 6) is -1.44. The second kappa shape index (κ2) is 13.7. The minimum absolute atomic E-state index is 0.0286. The van der Waals surface area contributed by atoms with E-state index in [1.807, 2.05) is 0 Å². The first-order valence-corrected chi connectivity index (χ1v) is 15.5. The number of carboxylic acid groups (broad SMARTS) is 1. The Morgan fingerprint density at radius 3 is 2.10 bits per heavy atom. The predicted molar refractivity (Wildman–Crippen MR) is 158 cm³/mol. The van der Waals surface area contributed by atoms with Crippen LogP contribution in [0.4, 0.5) is 51.1 Å². The van der Waals surface area contributed by atoms with Crippen molar-refractivity contribution in [1.82, 2.24) is 25.1 Å². The molecular formula is C31H34F9N7O2. The van der Waals surface area contributed by atoms with Gasteiger partial charge in [0, 0.05) is 18.8 Å². The second-order valence-corrected chi connectivity index (χ2v) is 12.6. The summed E-state index contributed by atoms with van der Waals surface area (Å²) in [6.45, 7) is 1.83. The minimum Gasteiger partial charge on any atom is -0.480 e. The molecule has 3 aromatic rings. The SMILES string of the molecule is Cc1cc2c(cc1C(F)(F)F)NCCC(CC1CCN(CC(=O)O)CC1)[C@@H]2N(Cc1cc(C(F)(F)F)cc(C(F)(F)F)c1)c1nnn(C)n1. The summed E-state index contributed by atoms with van der Waals surface area (Å²) in [5.41, 5.74) is -3.92. The molecule has 0 saturated carbocycles. The first-order valence-electron chi connectivity index (χ1n) is 15.5. The molecule has 0 bridgehead atoms. The number of likely N-dealkylation sites (tertiary alicyclic amines) is 1. The van der Waals surface area contributed by atoms with Gasteiger partial charge in [-0.3, -0.25) is 9.69 Å². The number of benzene rings is 2. The van der Waals surface area contributed by atoms with Crippen molar-refractivity contribution in [3.05, 3.63) is 63.7 Å². The minimum atomic E-state index is -5.10. The highest BCUT2D eigenvalue weighted by Crippen LogP contribution is 2.47. The lowest BCUT2D eigenvalue weighted by Crippen LogP contribution is -2.39. The number of alkyl halides is 9. The van der Waals surface area contributed by atoms with Crippen molar-refractivity contribution in [3.63, 3.8) is 0 Å². The topological polar surface area (TPSA) is 99.4 Å². The van der Waals surface area contributed by atoms with Crippen LogP contribution in [0.15, 0.2) is 30.3 Å². The molecule has 49 heavy (non-hydrogen) atoms. The molecule has 1 unspecified atom stereocenters. The maximum absolute atomic E-state index is 14.0. The van der Waals surface area contributed by atoms with E-state index in [9.17, 15) is 49.4 Å². The number of tetrazole rings is 1. The molecule has 0 amide bonds. The fourth-order valence-corrected chi connectivity index (χ4v) is 6.90. The molecule has 1 aromatic heterocycles. The number of fused-ring (bicyclic) bond motifs is 1. The summed E-state index contributed by atoms with van der Waals surface area (Å²) in [6, 6.07) is 2.66. The van der Waals surface area contributed by atoms with Gasteiger partial charge in [-0.05, 0) is 104 Å². The van der Waals surface area contributed by atoms with E-state index in [-0.39, 0.29) is 47.8 Å². The van der Waals surface area contributed by atoms with Gasteiger partial charge in [-0.25, -0.2) is 0 Å². The fourth-order valence-electron chi connectivity index (χ4n) is 6.90. The maximum atomic E-state index is 14.0. The van der Waals surface area contributed by atoms with E-state index < -0.39 is 59.7 Å². The van der Waals surface area contributed by atoms with Gasteiger partial charge in [0.1, 0.15) is 0 Å². The van der Waals surface area contributed by atoms with Crippen LogP contribution < -0.4 is 10.2 Å². The van der Waals surface area contributed by atoms with Gasteiger partial charge in [0.15, 0.2) is 0 Å². The zero-order valence-electron chi connectivity index (χ0n) is 26.4. The largest absolute Gasteiger partial charge is 0.480 e. The van der Waals surface area contributed by atoms with Crippen LogP contribution in [0, 0.1) is 18.8 Å². The number of anilines is 2. The molecule has 9 nitrogen and oxygen atoms in total. The Kier molecular flexibility index (Phi) is 10.1. The standard InChI is InChI=1S/C31H34F9N7O2/c1-17-9-23-25(14-24(17)31(38,39)40)41-6-3-20(10-18-4-7-46(8-5-18)16-26(48)49)27(23)47(28-42-44-45(2)43-28)15-19-11-21(29(32,33)34)13-22(12-19)30(35,36)37/h9,11-14,18,20,27,41H,3-8,10,15-16H2,1-2H3,(H,48,49)/t20?,27-/m0/s1. The van der Waals surface area contributed by atoms with Crippen molar-refractivity contribution in [1.29, 1.82) is 0 Å². The van der Waals surface area contributed by atoms with Crippen LogP contribution in [0.1, 0.15) is 65.1 Å². The molecule has 2 aliphatic rings. The van der Waals surface area contributed by atoms with Crippen LogP contribution in [-0.4, -0.2) is 62.4 Å². The number of carboxylic acids is 1. The first-order chi connectivity index (χ1) is 22.8. The van der Waals surface area contributed by atoms with E-state index in [1.165, 1.54) is 24.9 Å². The average molecular weight is 708 g/mol. The van der Waals surface area contributed by atoms with Gasteiger partial charge in [0.25, 0.3) is 5.95 Å². The number of rotatable bonds is 8. The van der Waals surface area contributed by atoms with E-state index >= 15 is 0 Å². The third kappa shape index (κ3) is 8.56. The number of aromatic nitrogens is 4. The quantitative estimate of drug-likeness (QED) is 0.243. The molecule has 0 radical (unpaired) electrons. The Balaban J connectivity index is 1.64. The number of aliphatic carboxylic acids is 1. The van der Waals surface area contributed by atoms with Crippen molar-refractivity contribution in [2.24, 2.45) is 18.9 Å². The molecule has 0 aliphatic carbocycles. The third-order valence-corrected chi connectivity index (χ3v) is 9.09. The highest BCUT2D eigenvalue weighted by molar-refractivity contribution is 5.69. The average Bonchev–Trinajstić information content (AvgIpc) is 3.34. The highest BCUT2D eigenvalue weighted by atomic mass is 19.4. The number of piperidine rings is 1. The summed E-state index contributed by atoms with van der Waals surface area (Å²) in [6.07, 6.45) is -12.8. The monoisotopic (exact) mass is 707 g/mol. The molecule has 2 atom stereocenters. The summed E-state index contributed by atoms with van der Waals surface area (Å²) >= 11 is 0. The van der Waals surface area contributed by atoms with Crippen LogP contribution in [0.2, 0.25) is 0 Å². The van der Waals surface area contributed by atoms with Crippen molar-refractivity contribution in [2.45, 2.75) is 63.7 Å². The number of halogens is 9. The molecule has 1 fully saturated rings. The Bertz CT molecular complexity index is 1620. The van der Waals surface area contributed by atoms with E-state index in [0.717, 1.165) is 10.9 Å². The van der Waals surface area contributed by atoms with E-state index in [2.05, 4.69) is 20.7 Å². The zero-order chi connectivity index (χ0) is 35.9. The van der Waals surface area contributed by atoms with Crippen LogP contribution >= 0.6 is 0 Å². The number of hydrogen-bond acceptors (Lipinski definition) is 7. The smallest absolute Gasteiger partial charge is 0.416 e. The Hall–Kier alpha value is -4.09. The van der Waals surface area contributed by atoms with Crippen LogP contribution in [-0.2, 0) is 36.9 Å². The highest BCUT2D eigenvalue weighted by Gasteiger charge is 2.41. The number of nitrogens with one attached hydrogen (secondary N) is 1. The normalized spacial score (nSPS) is 19.7. The molecule has 2 aromatic carbocycles. The molecule has 2 N–H and O–H groups in total. The molecule has 268 valence electrons. The molecule has 2 aliphatic heterocycles. The summed E-state index contributed by atoms with van der Waals surface area (Å²) in [7, 11) is 1.42. The van der Waals surface area contributed by atoms with Crippen molar-refractivity contribution >= 4 is 17.6 Å². The van der Waals surface area contributed by atoms with Crippen LogP contribution in [0.5, 0.6) is 0 Å². The van der Waals surface area contributed by atoms with Crippen LogP contribution in [0.3, 0.4) is 0 Å². The van der Waals surface area contributed by atoms with Crippen molar-refractivity contribution in [3.8, 4) is 0 Å². The lowest BCUT2D eigenvalue weighted by Gasteiger charge is -2.39. The van der Waals surface area contributed by atoms with Gasteiger partial charge in [-0.1, -0.05) is 11.2 Å². The van der Waals surface area contributed by atoms with E-state index in [4.69, 9.17) is 0 Å². The Morgan fingerprint density at radius 2 is 1.57 bits per heavy atom. The number of carbonyl (C=O) groups is 1. The van der Waals surface area contributed by atoms with E-state index in [1.54, 1.807) is 4.90 Å². The zero-order valence-corrected chi connectivity index (χ0v) is 26.4. The van der Waals surface area contributed by atoms with Gasteiger partial charge in [0.2, 0.25) is 0 Å². The van der Waals surface area contributed by atoms with Gasteiger partial charge in [-0.15, -0.1) is 5.10 Å². The molecule has 5 rings (SSSR count). The Labute approximate surface area is 275 Å². The predicted octanol–water partition coefficient (Wildman–Crippen LogP) is 6.94. The van der Waals surface area contributed by atoms with Gasteiger partial charge in [-0.2, -0.15) is 44.3 Å². The summed E-state index contributed by atoms with van der Waals surface area (Å²) in [4.78, 5) is 15.5. The van der Waals surface area contributed by atoms with Gasteiger partial charge in [0.05, 0.1) is 36.3 Å². The number of aryl methyl sites for hydroxylation is 2. The van der Waals surface area contributed by atoms with Gasteiger partial charge < -0.3 is 15.3 Å². The fraction of sp³-hybridized carbons (Fsp3) is 0.548. The molecular weight excluding hydrogens is 673 g/mol. The lowest BCUT2D eigenvalue weighted by molar-refractivity contribution is -0.143.